The summed E-state index contributed by atoms with van der Waals surface area (Å²) in [5.41, 5.74) is 15.0. The van der Waals surface area contributed by atoms with Crippen LogP contribution >= 0.6 is 0 Å². The molecule has 0 heterocycles. The number of benzene rings is 4. The smallest absolute Gasteiger partial charge is 0.144 e. The van der Waals surface area contributed by atoms with Crippen molar-refractivity contribution < 1.29 is 14.3 Å². The van der Waals surface area contributed by atoms with Crippen LogP contribution in [0.2, 0.25) is 0 Å². The molecule has 0 aliphatic carbocycles. The number of anilines is 2. The number of nitrogen functional groups attached to an aromatic ring is 2. The molecule has 0 aliphatic heterocycles. The van der Waals surface area contributed by atoms with Crippen LogP contribution in [0.15, 0.2) is 97.1 Å². The average molecular weight is 607 g/mol. The maximum Gasteiger partial charge on any atom is 0.144 e. The van der Waals surface area contributed by atoms with Crippen LogP contribution < -0.4 is 20.9 Å². The van der Waals surface area contributed by atoms with Crippen LogP contribution in [0.4, 0.5) is 11.4 Å². The molecular formula is C40H50N2O3. The van der Waals surface area contributed by atoms with E-state index in [9.17, 15) is 4.79 Å². The Hall–Kier alpha value is -4.25. The van der Waals surface area contributed by atoms with E-state index in [0.717, 1.165) is 24.0 Å². The molecule has 0 radical (unpaired) electrons. The van der Waals surface area contributed by atoms with Gasteiger partial charge in [-0.3, -0.25) is 4.79 Å². The number of ketones is 1. The minimum absolute atomic E-state index is 0.232. The highest BCUT2D eigenvalue weighted by Crippen LogP contribution is 2.33. The van der Waals surface area contributed by atoms with E-state index in [1.54, 1.807) is 12.1 Å². The predicted octanol–water partition coefficient (Wildman–Crippen LogP) is 11.2. The minimum Gasteiger partial charge on any atom is -0.457 e. The fraction of sp³-hybridized carbons (Fsp3) is 0.375. The maximum absolute atomic E-state index is 13.8. The SMILES string of the molecule is CCCCCCCCCCCCCCC(=O)C(c1ccc(Oc2cccc(N)c2)cc1)c1ccc(Oc2cccc(N)c2)cc1. The first-order valence-electron chi connectivity index (χ1n) is 16.8. The zero-order chi connectivity index (χ0) is 31.7. The molecule has 0 aliphatic rings. The number of ether oxygens (including phenoxy) is 2. The Bertz CT molecular complexity index is 1340. The Labute approximate surface area is 270 Å². The first kappa shape index (κ1) is 33.6. The third-order valence-electron chi connectivity index (χ3n) is 8.21. The lowest BCUT2D eigenvalue weighted by molar-refractivity contribution is -0.119. The maximum atomic E-state index is 13.8. The topological polar surface area (TPSA) is 87.6 Å². The number of carbonyl (C=O) groups is 1. The van der Waals surface area contributed by atoms with Crippen LogP contribution in [0.1, 0.15) is 107 Å². The van der Waals surface area contributed by atoms with E-state index in [1.165, 1.54) is 64.2 Å². The molecule has 0 unspecified atom stereocenters. The lowest BCUT2D eigenvalue weighted by Crippen LogP contribution is -2.14. The molecule has 0 atom stereocenters. The highest BCUT2D eigenvalue weighted by molar-refractivity contribution is 5.89. The van der Waals surface area contributed by atoms with Crippen molar-refractivity contribution >= 4 is 17.2 Å². The van der Waals surface area contributed by atoms with Crippen molar-refractivity contribution in [3.05, 3.63) is 108 Å². The van der Waals surface area contributed by atoms with E-state index in [0.29, 0.717) is 40.8 Å². The summed E-state index contributed by atoms with van der Waals surface area (Å²) >= 11 is 0. The molecule has 45 heavy (non-hydrogen) atoms. The van der Waals surface area contributed by atoms with Gasteiger partial charge >= 0.3 is 0 Å². The third kappa shape index (κ3) is 11.6. The zero-order valence-electron chi connectivity index (χ0n) is 26.9. The van der Waals surface area contributed by atoms with Gasteiger partial charge in [0.15, 0.2) is 0 Å². The van der Waals surface area contributed by atoms with Crippen LogP contribution in [0, 0.1) is 0 Å². The summed E-state index contributed by atoms with van der Waals surface area (Å²) in [4.78, 5) is 13.8. The molecule has 0 saturated carbocycles. The van der Waals surface area contributed by atoms with Crippen molar-refractivity contribution in [3.8, 4) is 23.0 Å². The second-order valence-electron chi connectivity index (χ2n) is 12.0. The summed E-state index contributed by atoms with van der Waals surface area (Å²) in [6.45, 7) is 2.27. The largest absolute Gasteiger partial charge is 0.457 e. The van der Waals surface area contributed by atoms with E-state index in [-0.39, 0.29) is 11.7 Å². The number of rotatable bonds is 20. The highest BCUT2D eigenvalue weighted by atomic mass is 16.5. The molecule has 4 N–H and O–H groups in total. The molecule has 0 amide bonds. The first-order valence-corrected chi connectivity index (χ1v) is 16.8. The van der Waals surface area contributed by atoms with Crippen LogP contribution in [-0.4, -0.2) is 5.78 Å². The van der Waals surface area contributed by atoms with Crippen molar-refractivity contribution in [1.29, 1.82) is 0 Å². The summed E-state index contributed by atoms with van der Waals surface area (Å²) in [6, 6.07) is 30.3. The van der Waals surface area contributed by atoms with Gasteiger partial charge in [-0.2, -0.15) is 0 Å². The number of hydrogen-bond donors (Lipinski definition) is 2. The summed E-state index contributed by atoms with van der Waals surface area (Å²) in [5.74, 6) is 2.62. The minimum atomic E-state index is -0.361. The van der Waals surface area contributed by atoms with Gasteiger partial charge in [0.2, 0.25) is 0 Å². The Balaban J connectivity index is 1.35. The number of hydrogen-bond acceptors (Lipinski definition) is 5. The summed E-state index contributed by atoms with van der Waals surface area (Å²) in [6.07, 6.45) is 15.8. The molecule has 4 aromatic rings. The molecule has 238 valence electrons. The molecule has 5 nitrogen and oxygen atoms in total. The van der Waals surface area contributed by atoms with Gasteiger partial charge in [0.05, 0.1) is 5.92 Å². The van der Waals surface area contributed by atoms with E-state index in [1.807, 2.05) is 84.9 Å². The Kier molecular flexibility index (Phi) is 13.9. The van der Waals surface area contributed by atoms with Gasteiger partial charge in [0, 0.05) is 29.9 Å². The van der Waals surface area contributed by atoms with E-state index >= 15 is 0 Å². The molecular weight excluding hydrogens is 556 g/mol. The van der Waals surface area contributed by atoms with Crippen molar-refractivity contribution in [1.82, 2.24) is 0 Å². The van der Waals surface area contributed by atoms with E-state index in [2.05, 4.69) is 6.92 Å². The van der Waals surface area contributed by atoms with Gasteiger partial charge in [-0.25, -0.2) is 0 Å². The normalized spacial score (nSPS) is 11.1. The lowest BCUT2D eigenvalue weighted by Gasteiger charge is -2.18. The second kappa shape index (κ2) is 18.5. The van der Waals surface area contributed by atoms with Crippen LogP contribution in [-0.2, 0) is 4.79 Å². The molecule has 0 fully saturated rings. The van der Waals surface area contributed by atoms with Gasteiger partial charge in [-0.1, -0.05) is 114 Å². The molecule has 0 aromatic heterocycles. The number of nitrogens with two attached hydrogens (primary N) is 2. The molecule has 4 aromatic carbocycles. The fourth-order valence-electron chi connectivity index (χ4n) is 5.73. The summed E-state index contributed by atoms with van der Waals surface area (Å²) in [7, 11) is 0. The first-order chi connectivity index (χ1) is 22.0. The van der Waals surface area contributed by atoms with Crippen molar-refractivity contribution in [2.24, 2.45) is 0 Å². The van der Waals surface area contributed by atoms with Gasteiger partial charge in [-0.05, 0) is 66.1 Å². The number of Topliss-reactive ketones (excluding diaryl/α,β-unsaturated/α-hetero) is 1. The van der Waals surface area contributed by atoms with Crippen molar-refractivity contribution in [2.45, 2.75) is 96.3 Å². The molecule has 5 heteroatoms. The lowest BCUT2D eigenvalue weighted by atomic mass is 9.85. The van der Waals surface area contributed by atoms with E-state index < -0.39 is 0 Å². The Morgan fingerprint density at radius 3 is 1.33 bits per heavy atom. The summed E-state index contributed by atoms with van der Waals surface area (Å²) in [5, 5.41) is 0. The Morgan fingerprint density at radius 2 is 0.933 bits per heavy atom. The van der Waals surface area contributed by atoms with Gasteiger partial charge in [0.1, 0.15) is 28.8 Å². The van der Waals surface area contributed by atoms with Gasteiger partial charge in [-0.15, -0.1) is 0 Å². The quantitative estimate of drug-likeness (QED) is 0.0772. The van der Waals surface area contributed by atoms with Crippen LogP contribution in [0.5, 0.6) is 23.0 Å². The molecule has 4 rings (SSSR count). The fourth-order valence-corrected chi connectivity index (χ4v) is 5.73. The zero-order valence-corrected chi connectivity index (χ0v) is 26.9. The van der Waals surface area contributed by atoms with Gasteiger partial charge < -0.3 is 20.9 Å². The number of unbranched alkanes of at least 4 members (excludes halogenated alkanes) is 11. The monoisotopic (exact) mass is 606 g/mol. The molecule has 0 spiro atoms. The predicted molar refractivity (Wildman–Crippen MR) is 187 cm³/mol. The molecule has 0 bridgehead atoms. The van der Waals surface area contributed by atoms with E-state index in [4.69, 9.17) is 20.9 Å². The second-order valence-corrected chi connectivity index (χ2v) is 12.0. The third-order valence-corrected chi connectivity index (χ3v) is 8.21. The van der Waals surface area contributed by atoms with Crippen molar-refractivity contribution in [2.75, 3.05) is 11.5 Å². The Morgan fingerprint density at radius 1 is 0.533 bits per heavy atom. The summed E-state index contributed by atoms with van der Waals surface area (Å²) < 4.78 is 12.0. The number of carbonyl (C=O) groups excluding carboxylic acids is 1. The average Bonchev–Trinajstić information content (AvgIpc) is 3.03. The molecule has 0 saturated heterocycles. The standard InChI is InChI=1S/C40H50N2O3/c1-2-3-4-5-6-7-8-9-10-11-12-13-20-39(43)40(31-21-25-35(26-22-31)44-37-18-14-16-33(41)29-37)32-23-27-36(28-24-32)45-38-19-15-17-34(42)30-38/h14-19,21-30,40H,2-13,20,41-42H2,1H3. The highest BCUT2D eigenvalue weighted by Gasteiger charge is 2.22. The van der Waals surface area contributed by atoms with Crippen LogP contribution in [0.3, 0.4) is 0 Å². The van der Waals surface area contributed by atoms with Gasteiger partial charge in [0.25, 0.3) is 0 Å². The van der Waals surface area contributed by atoms with Crippen molar-refractivity contribution in [3.63, 3.8) is 0 Å². The van der Waals surface area contributed by atoms with Crippen LogP contribution in [0.25, 0.3) is 0 Å².